The molecule has 11 atom stereocenters. The summed E-state index contributed by atoms with van der Waals surface area (Å²) < 4.78 is 12.5. The van der Waals surface area contributed by atoms with Gasteiger partial charge in [-0.3, -0.25) is 4.79 Å². The molecule has 0 amide bonds. The predicted molar refractivity (Wildman–Crippen MR) is 238 cm³/mol. The Morgan fingerprint density at radius 2 is 1.57 bits per heavy atom. The number of aliphatic hydroxyl groups excluding tert-OH is 2. The lowest BCUT2D eigenvalue weighted by molar-refractivity contribution is -0.338. The molecule has 2 aromatic carbocycles. The molecule has 7 nitrogen and oxygen atoms in total. The Kier molecular flexibility index (Phi) is 13.0. The van der Waals surface area contributed by atoms with Crippen molar-refractivity contribution in [1.82, 2.24) is 0 Å². The van der Waals surface area contributed by atoms with Gasteiger partial charge >= 0.3 is 11.9 Å². The van der Waals surface area contributed by atoms with E-state index in [1.165, 1.54) is 17.2 Å². The normalized spacial score (nSPS) is 37.2. The van der Waals surface area contributed by atoms with Crippen LogP contribution in [0.5, 0.6) is 0 Å². The maximum Gasteiger partial charge on any atom is 0.331 e. The summed E-state index contributed by atoms with van der Waals surface area (Å²) >= 11 is 0. The topological polar surface area (TPSA) is 113 Å². The van der Waals surface area contributed by atoms with Crippen molar-refractivity contribution in [2.75, 3.05) is 6.61 Å². The molecule has 1 spiro atoms. The number of cyclic esters (lactones) is 1. The molecule has 6 aliphatic rings. The van der Waals surface area contributed by atoms with Gasteiger partial charge in [0.1, 0.15) is 12.7 Å². The van der Waals surface area contributed by atoms with Gasteiger partial charge in [0, 0.05) is 24.8 Å². The van der Waals surface area contributed by atoms with Crippen molar-refractivity contribution >= 4 is 11.9 Å². The van der Waals surface area contributed by atoms with E-state index >= 15 is 4.79 Å². The highest BCUT2D eigenvalue weighted by Crippen LogP contribution is 2.72. The number of aliphatic hydroxyl groups is 3. The average Bonchev–Trinajstić information content (AvgIpc) is 3.96. The predicted octanol–water partition coefficient (Wildman–Crippen LogP) is 9.88. The number of aryl methyl sites for hydroxylation is 1. The Morgan fingerprint density at radius 3 is 2.28 bits per heavy atom. The molecule has 4 saturated carbocycles. The van der Waals surface area contributed by atoms with Gasteiger partial charge in [-0.05, 0) is 130 Å². The molecular weight excluding hydrogens is 761 g/mol. The smallest absolute Gasteiger partial charge is 0.331 e. The van der Waals surface area contributed by atoms with Gasteiger partial charge in [0.05, 0.1) is 34.1 Å². The second-order valence-corrected chi connectivity index (χ2v) is 21.2. The minimum Gasteiger partial charge on any atom is -0.462 e. The lowest BCUT2D eigenvalue weighted by Crippen LogP contribution is -2.79. The quantitative estimate of drug-likeness (QED) is 0.128. The maximum absolute atomic E-state index is 15.2. The van der Waals surface area contributed by atoms with E-state index in [4.69, 9.17) is 9.47 Å². The van der Waals surface area contributed by atoms with Crippen molar-refractivity contribution in [1.29, 1.82) is 0 Å². The number of ether oxygens (including phenoxy) is 2. The summed E-state index contributed by atoms with van der Waals surface area (Å²) in [7, 11) is 0. The largest absolute Gasteiger partial charge is 0.462 e. The summed E-state index contributed by atoms with van der Waals surface area (Å²) in [6.45, 7) is 6.77. The minimum absolute atomic E-state index is 0.173. The number of carbonyl (C=O) groups is 2. The average molecular weight is 833 g/mol. The van der Waals surface area contributed by atoms with Crippen LogP contribution >= 0.6 is 0 Å². The summed E-state index contributed by atoms with van der Waals surface area (Å²) in [4.78, 5) is 27.6. The van der Waals surface area contributed by atoms with Crippen molar-refractivity contribution in [3.8, 4) is 11.8 Å². The highest BCUT2D eigenvalue weighted by molar-refractivity contribution is 5.85. The molecule has 2 bridgehead atoms. The summed E-state index contributed by atoms with van der Waals surface area (Å²) in [6, 6.07) is 21.1. The molecule has 0 aromatic heterocycles. The van der Waals surface area contributed by atoms with Crippen molar-refractivity contribution < 1.29 is 34.4 Å². The molecule has 3 N–H and O–H groups in total. The monoisotopic (exact) mass is 833 g/mol. The summed E-state index contributed by atoms with van der Waals surface area (Å²) in [5.41, 5.74) is -2.07. The Morgan fingerprint density at radius 1 is 0.852 bits per heavy atom. The van der Waals surface area contributed by atoms with Gasteiger partial charge in [0.2, 0.25) is 0 Å². The third-order valence-corrected chi connectivity index (χ3v) is 17.4. The van der Waals surface area contributed by atoms with Crippen LogP contribution in [-0.4, -0.2) is 57.8 Å². The minimum atomic E-state index is -1.69. The summed E-state index contributed by atoms with van der Waals surface area (Å²) in [5.74, 6) is 7.09. The van der Waals surface area contributed by atoms with E-state index in [1.807, 2.05) is 19.1 Å². The van der Waals surface area contributed by atoms with Crippen LogP contribution in [0.1, 0.15) is 147 Å². The lowest BCUT2D eigenvalue weighted by Gasteiger charge is -2.71. The molecular formula is C54H72O7. The first-order chi connectivity index (χ1) is 29.3. The van der Waals surface area contributed by atoms with Gasteiger partial charge in [-0.25, -0.2) is 4.79 Å². The molecule has 330 valence electrons. The van der Waals surface area contributed by atoms with E-state index in [0.717, 1.165) is 82.6 Å². The third kappa shape index (κ3) is 8.28. The molecule has 2 heterocycles. The Bertz CT molecular complexity index is 1940. The van der Waals surface area contributed by atoms with Gasteiger partial charge in [0.25, 0.3) is 0 Å². The highest BCUT2D eigenvalue weighted by atomic mass is 16.5. The van der Waals surface area contributed by atoms with E-state index in [9.17, 15) is 20.1 Å². The molecule has 7 heteroatoms. The lowest BCUT2D eigenvalue weighted by atomic mass is 9.35. The molecule has 2 aromatic rings. The zero-order valence-corrected chi connectivity index (χ0v) is 37.2. The van der Waals surface area contributed by atoms with Crippen LogP contribution in [0.4, 0.5) is 0 Å². The van der Waals surface area contributed by atoms with Crippen LogP contribution < -0.4 is 0 Å². The van der Waals surface area contributed by atoms with Gasteiger partial charge in [0.15, 0.2) is 0 Å². The Hall–Kier alpha value is -3.44. The fourth-order valence-electron chi connectivity index (χ4n) is 14.3. The number of carbonyl (C=O) groups excluding carboxylic acids is 2. The molecule has 0 radical (unpaired) electrons. The van der Waals surface area contributed by atoms with Gasteiger partial charge in [-0.2, -0.15) is 0 Å². The molecule has 4 fully saturated rings. The van der Waals surface area contributed by atoms with E-state index < -0.39 is 51.5 Å². The molecule has 61 heavy (non-hydrogen) atoms. The molecule has 2 aliphatic heterocycles. The second-order valence-electron chi connectivity index (χ2n) is 21.2. The molecule has 8 rings (SSSR count). The number of esters is 2. The number of hydrogen-bond donors (Lipinski definition) is 3. The van der Waals surface area contributed by atoms with Crippen molar-refractivity contribution in [3.05, 3.63) is 83.4 Å². The van der Waals surface area contributed by atoms with Crippen molar-refractivity contribution in [2.45, 2.75) is 173 Å². The van der Waals surface area contributed by atoms with Crippen LogP contribution in [0.15, 0.2) is 72.3 Å². The van der Waals surface area contributed by atoms with Crippen molar-refractivity contribution in [2.24, 2.45) is 45.3 Å². The van der Waals surface area contributed by atoms with Crippen LogP contribution in [0.2, 0.25) is 0 Å². The van der Waals surface area contributed by atoms with E-state index in [-0.39, 0.29) is 25.0 Å². The number of benzene rings is 2. The highest BCUT2D eigenvalue weighted by Gasteiger charge is 2.78. The number of hydrogen-bond acceptors (Lipinski definition) is 7. The standard InChI is InChI=1S/C54H72O7/c1-38(15-12-20-39-16-6-4-7-17-39)24-25-45(55)54-46(56)27-31-51(3,43-22-10-11-23-43)48(54)44-36-50(2,53(54,59)32-26-42-34-47(57)60-37-42)28-14-30-52(49(58)61-44)29-13-21-41(35-52)33-40-18-8-5-9-19-40/h4-9,16-19,34,38,41,43-46,48,55-56,59H,10-13,15,20-27,29-33,35-37H2,1-3H3/t38-,41-,44+,45+,46+,48+,50+,51+,52+,53-,54+/m1/s1. The Labute approximate surface area is 365 Å². The third-order valence-electron chi connectivity index (χ3n) is 17.4. The van der Waals surface area contributed by atoms with E-state index in [0.29, 0.717) is 62.7 Å². The van der Waals surface area contributed by atoms with Crippen LogP contribution in [0.3, 0.4) is 0 Å². The SMILES string of the molecule is C[C@H](CCCc1ccccc1)CC[C@H](O)[C@]12[C@@H]([C@@H]3C[C@](C)(C#CC[C@]4(CCC[C@H](Cc5ccccc5)C4)C(=O)O3)[C@]1(O)CCC1=CC(=O)OC1)[C@](C)(C1CCCC1)CC[C@@H]2O. The van der Waals surface area contributed by atoms with Gasteiger partial charge in [-0.15, -0.1) is 5.92 Å². The fraction of sp³-hybridized carbons (Fsp3) is 0.667. The fourth-order valence-corrected chi connectivity index (χ4v) is 14.3. The van der Waals surface area contributed by atoms with E-state index in [1.54, 1.807) is 0 Å². The zero-order chi connectivity index (χ0) is 42.9. The maximum atomic E-state index is 15.2. The zero-order valence-electron chi connectivity index (χ0n) is 37.2. The number of fused-ring (bicyclic) bond motifs is 4. The van der Waals surface area contributed by atoms with Crippen molar-refractivity contribution in [3.63, 3.8) is 0 Å². The summed E-state index contributed by atoms with van der Waals surface area (Å²) in [5, 5.41) is 40.5. The first-order valence-electron chi connectivity index (χ1n) is 24.1. The van der Waals surface area contributed by atoms with Gasteiger partial charge < -0.3 is 24.8 Å². The Balaban J connectivity index is 1.19. The molecule has 0 saturated heterocycles. The first kappa shape index (κ1) is 44.2. The molecule has 4 aliphatic carbocycles. The van der Waals surface area contributed by atoms with Crippen LogP contribution in [-0.2, 0) is 31.9 Å². The first-order valence-corrected chi connectivity index (χ1v) is 24.1. The molecule has 0 unspecified atom stereocenters. The summed E-state index contributed by atoms with van der Waals surface area (Å²) in [6.07, 6.45) is 14.0. The van der Waals surface area contributed by atoms with Crippen LogP contribution in [0, 0.1) is 57.2 Å². The van der Waals surface area contributed by atoms with Gasteiger partial charge in [-0.1, -0.05) is 113 Å². The van der Waals surface area contributed by atoms with Crippen LogP contribution in [0.25, 0.3) is 0 Å². The number of rotatable bonds is 14. The second kappa shape index (κ2) is 18.0. The van der Waals surface area contributed by atoms with E-state index in [2.05, 4.69) is 74.2 Å².